The van der Waals surface area contributed by atoms with E-state index in [0.29, 0.717) is 6.54 Å². The average Bonchev–Trinajstić information content (AvgIpc) is 2.63. The molecule has 0 N–H and O–H groups in total. The Kier molecular flexibility index (Phi) is 2.08. The lowest BCUT2D eigenvalue weighted by molar-refractivity contribution is -0.149. The molecule has 70 valence electrons. The molecular formula is C10H13NO2. The number of hydrogen-bond donors (Lipinski definition) is 0. The Morgan fingerprint density at radius 1 is 1.69 bits per heavy atom. The van der Waals surface area contributed by atoms with Gasteiger partial charge in [-0.05, 0) is 18.6 Å². The highest BCUT2D eigenvalue weighted by molar-refractivity contribution is 5.84. The minimum atomic E-state index is 0.259. The largest absolute Gasteiger partial charge is 0.467 e. The van der Waals surface area contributed by atoms with E-state index in [-0.39, 0.29) is 11.8 Å². The Morgan fingerprint density at radius 2 is 2.54 bits per heavy atom. The maximum Gasteiger partial charge on any atom is 0.227 e. The molecule has 0 aliphatic carbocycles. The van der Waals surface area contributed by atoms with Gasteiger partial charge >= 0.3 is 0 Å². The summed E-state index contributed by atoms with van der Waals surface area (Å²) in [5, 5.41) is 0. The highest BCUT2D eigenvalue weighted by Crippen LogP contribution is 2.22. The van der Waals surface area contributed by atoms with Crippen LogP contribution in [-0.4, -0.2) is 17.4 Å². The lowest BCUT2D eigenvalue weighted by atomic mass is 9.96. The molecule has 13 heavy (non-hydrogen) atoms. The van der Waals surface area contributed by atoms with Crippen LogP contribution in [0.4, 0.5) is 0 Å². The van der Waals surface area contributed by atoms with Gasteiger partial charge in [-0.1, -0.05) is 6.92 Å². The van der Waals surface area contributed by atoms with Gasteiger partial charge in [0.05, 0.1) is 18.7 Å². The molecule has 1 aliphatic heterocycles. The quantitative estimate of drug-likeness (QED) is 0.661. The van der Waals surface area contributed by atoms with Crippen LogP contribution in [0, 0.1) is 5.92 Å². The molecule has 1 unspecified atom stereocenters. The predicted molar refractivity (Wildman–Crippen MR) is 47.9 cm³/mol. The fourth-order valence-corrected chi connectivity index (χ4v) is 1.62. The van der Waals surface area contributed by atoms with Gasteiger partial charge in [-0.25, -0.2) is 0 Å². The van der Waals surface area contributed by atoms with Crippen molar-refractivity contribution < 1.29 is 9.21 Å². The first kappa shape index (κ1) is 8.35. The number of hydrogen-bond acceptors (Lipinski definition) is 2. The van der Waals surface area contributed by atoms with Gasteiger partial charge in [0, 0.05) is 6.54 Å². The molecule has 1 fully saturated rings. The second kappa shape index (κ2) is 3.24. The number of rotatable bonds is 3. The van der Waals surface area contributed by atoms with Gasteiger partial charge < -0.3 is 9.32 Å². The summed E-state index contributed by atoms with van der Waals surface area (Å²) >= 11 is 0. The SMILES string of the molecule is CCC1CN(Cc2ccco2)C1=O. The summed E-state index contributed by atoms with van der Waals surface area (Å²) in [4.78, 5) is 13.2. The Morgan fingerprint density at radius 3 is 3.08 bits per heavy atom. The topological polar surface area (TPSA) is 33.5 Å². The molecule has 0 spiro atoms. The minimum Gasteiger partial charge on any atom is -0.467 e. The molecule has 2 rings (SSSR count). The van der Waals surface area contributed by atoms with Gasteiger partial charge in [0.15, 0.2) is 0 Å². The van der Waals surface area contributed by atoms with E-state index in [9.17, 15) is 4.79 Å². The summed E-state index contributed by atoms with van der Waals surface area (Å²) in [6.45, 7) is 3.56. The summed E-state index contributed by atoms with van der Waals surface area (Å²) in [5.41, 5.74) is 0. The minimum absolute atomic E-state index is 0.259. The van der Waals surface area contributed by atoms with E-state index in [0.717, 1.165) is 18.7 Å². The molecule has 3 nitrogen and oxygen atoms in total. The number of amides is 1. The van der Waals surface area contributed by atoms with E-state index < -0.39 is 0 Å². The fraction of sp³-hybridized carbons (Fsp3) is 0.500. The van der Waals surface area contributed by atoms with Gasteiger partial charge in [-0.2, -0.15) is 0 Å². The first-order chi connectivity index (χ1) is 6.31. The fourth-order valence-electron chi connectivity index (χ4n) is 1.62. The van der Waals surface area contributed by atoms with Gasteiger partial charge in [0.25, 0.3) is 0 Å². The number of β-lactam (4-membered cyclic amide) rings is 1. The number of furan rings is 1. The molecule has 1 aliphatic rings. The molecule has 0 radical (unpaired) electrons. The normalized spacial score (nSPS) is 21.8. The van der Waals surface area contributed by atoms with Gasteiger partial charge in [0.1, 0.15) is 5.76 Å². The van der Waals surface area contributed by atoms with E-state index in [1.54, 1.807) is 6.26 Å². The van der Waals surface area contributed by atoms with Crippen molar-refractivity contribution in [2.45, 2.75) is 19.9 Å². The second-order valence-electron chi connectivity index (χ2n) is 3.40. The van der Waals surface area contributed by atoms with Crippen molar-refractivity contribution in [1.29, 1.82) is 0 Å². The van der Waals surface area contributed by atoms with Crippen molar-refractivity contribution in [3.05, 3.63) is 24.2 Å². The zero-order valence-electron chi connectivity index (χ0n) is 7.69. The van der Waals surface area contributed by atoms with Crippen molar-refractivity contribution in [1.82, 2.24) is 4.90 Å². The van der Waals surface area contributed by atoms with Crippen molar-refractivity contribution in [3.8, 4) is 0 Å². The van der Waals surface area contributed by atoms with Crippen LogP contribution < -0.4 is 0 Å². The molecule has 1 aromatic rings. The maximum absolute atomic E-state index is 11.4. The van der Waals surface area contributed by atoms with Gasteiger partial charge in [-0.3, -0.25) is 4.79 Å². The van der Waals surface area contributed by atoms with Crippen LogP contribution in [0.2, 0.25) is 0 Å². The number of likely N-dealkylation sites (tertiary alicyclic amines) is 1. The molecule has 0 bridgehead atoms. The summed E-state index contributed by atoms with van der Waals surface area (Å²) < 4.78 is 5.16. The van der Waals surface area contributed by atoms with E-state index in [2.05, 4.69) is 0 Å². The number of carbonyl (C=O) groups is 1. The maximum atomic E-state index is 11.4. The van der Waals surface area contributed by atoms with Crippen LogP contribution in [0.5, 0.6) is 0 Å². The molecule has 0 aromatic carbocycles. The molecule has 3 heteroatoms. The van der Waals surface area contributed by atoms with E-state index in [4.69, 9.17) is 4.42 Å². The van der Waals surface area contributed by atoms with Crippen LogP contribution in [0.3, 0.4) is 0 Å². The van der Waals surface area contributed by atoms with Crippen LogP contribution in [0.25, 0.3) is 0 Å². The molecule has 1 aromatic heterocycles. The second-order valence-corrected chi connectivity index (χ2v) is 3.40. The molecule has 2 heterocycles. The predicted octanol–water partition coefficient (Wildman–Crippen LogP) is 1.65. The smallest absolute Gasteiger partial charge is 0.227 e. The average molecular weight is 179 g/mol. The van der Waals surface area contributed by atoms with Crippen LogP contribution >= 0.6 is 0 Å². The Hall–Kier alpha value is -1.25. The standard InChI is InChI=1S/C10H13NO2/c1-2-8-6-11(10(8)12)7-9-4-3-5-13-9/h3-5,8H,2,6-7H2,1H3. The highest BCUT2D eigenvalue weighted by Gasteiger charge is 2.34. The third kappa shape index (κ3) is 1.46. The third-order valence-corrected chi connectivity index (χ3v) is 2.52. The number of nitrogens with zero attached hydrogens (tertiary/aromatic N) is 1. The Labute approximate surface area is 77.3 Å². The van der Waals surface area contributed by atoms with E-state index in [1.807, 2.05) is 24.0 Å². The van der Waals surface area contributed by atoms with Crippen LogP contribution in [0.1, 0.15) is 19.1 Å². The van der Waals surface area contributed by atoms with Crippen molar-refractivity contribution in [2.24, 2.45) is 5.92 Å². The van der Waals surface area contributed by atoms with Crippen LogP contribution in [0.15, 0.2) is 22.8 Å². The van der Waals surface area contributed by atoms with Gasteiger partial charge in [-0.15, -0.1) is 0 Å². The van der Waals surface area contributed by atoms with Crippen molar-refractivity contribution >= 4 is 5.91 Å². The Balaban J connectivity index is 1.89. The lowest BCUT2D eigenvalue weighted by Crippen LogP contribution is -2.51. The number of carbonyl (C=O) groups excluding carboxylic acids is 1. The molecule has 1 atom stereocenters. The molecule has 1 amide bonds. The summed E-state index contributed by atoms with van der Waals surface area (Å²) in [7, 11) is 0. The van der Waals surface area contributed by atoms with E-state index in [1.165, 1.54) is 0 Å². The third-order valence-electron chi connectivity index (χ3n) is 2.52. The molecular weight excluding hydrogens is 166 g/mol. The van der Waals surface area contributed by atoms with E-state index >= 15 is 0 Å². The first-order valence-corrected chi connectivity index (χ1v) is 4.62. The van der Waals surface area contributed by atoms with Crippen molar-refractivity contribution in [3.63, 3.8) is 0 Å². The highest BCUT2D eigenvalue weighted by atomic mass is 16.3. The van der Waals surface area contributed by atoms with Crippen LogP contribution in [-0.2, 0) is 11.3 Å². The Bertz CT molecular complexity index is 292. The zero-order valence-corrected chi connectivity index (χ0v) is 7.69. The lowest BCUT2D eigenvalue weighted by Gasteiger charge is -2.37. The monoisotopic (exact) mass is 179 g/mol. The van der Waals surface area contributed by atoms with Crippen molar-refractivity contribution in [2.75, 3.05) is 6.54 Å². The first-order valence-electron chi connectivity index (χ1n) is 4.62. The molecule has 0 saturated carbocycles. The van der Waals surface area contributed by atoms with Gasteiger partial charge in [0.2, 0.25) is 5.91 Å². The zero-order chi connectivity index (χ0) is 9.26. The summed E-state index contributed by atoms with van der Waals surface area (Å²) in [5.74, 6) is 1.39. The summed E-state index contributed by atoms with van der Waals surface area (Å²) in [6, 6.07) is 3.74. The summed E-state index contributed by atoms with van der Waals surface area (Å²) in [6.07, 6.45) is 2.59. The molecule has 1 saturated heterocycles.